The minimum absolute atomic E-state index is 0.0201. The number of carbonyl (C=O) groups is 2. The Bertz CT molecular complexity index is 601. The number of azide groups is 1. The highest BCUT2D eigenvalue weighted by Gasteiger charge is 2.50. The van der Waals surface area contributed by atoms with E-state index in [0.29, 0.717) is 0 Å². The second kappa shape index (κ2) is 9.02. The highest BCUT2D eigenvalue weighted by atomic mass is 28.4. The molecule has 1 heterocycles. The van der Waals surface area contributed by atoms with Crippen molar-refractivity contribution in [3.63, 3.8) is 0 Å². The van der Waals surface area contributed by atoms with Gasteiger partial charge in [-0.2, -0.15) is 0 Å². The normalized spacial score (nSPS) is 28.8. The monoisotopic (exact) mass is 403 g/mol. The van der Waals surface area contributed by atoms with Crippen molar-refractivity contribution in [1.29, 1.82) is 0 Å². The molecule has 27 heavy (non-hydrogen) atoms. The van der Waals surface area contributed by atoms with Gasteiger partial charge in [-0.3, -0.25) is 9.59 Å². The van der Waals surface area contributed by atoms with Crippen molar-refractivity contribution in [3.8, 4) is 0 Å². The third-order valence-corrected chi connectivity index (χ3v) is 9.34. The van der Waals surface area contributed by atoms with Crippen LogP contribution in [0.1, 0.15) is 34.6 Å². The average Bonchev–Trinajstić information content (AvgIpc) is 2.50. The van der Waals surface area contributed by atoms with Crippen LogP contribution >= 0.6 is 0 Å². The van der Waals surface area contributed by atoms with Crippen LogP contribution in [-0.4, -0.2) is 62.6 Å². The first kappa shape index (κ1) is 23.4. The molecule has 0 spiro atoms. The van der Waals surface area contributed by atoms with Crippen LogP contribution in [-0.2, 0) is 28.2 Å². The fraction of sp³-hybridized carbons (Fsp3) is 0.875. The van der Waals surface area contributed by atoms with Crippen LogP contribution in [0, 0.1) is 0 Å². The van der Waals surface area contributed by atoms with Crippen LogP contribution in [0.25, 0.3) is 10.4 Å². The van der Waals surface area contributed by atoms with Crippen LogP contribution in [0.5, 0.6) is 0 Å². The van der Waals surface area contributed by atoms with E-state index < -0.39 is 50.9 Å². The van der Waals surface area contributed by atoms with Crippen molar-refractivity contribution in [2.24, 2.45) is 5.11 Å². The van der Waals surface area contributed by atoms with Crippen LogP contribution in [0.2, 0.25) is 18.1 Å². The fourth-order valence-corrected chi connectivity index (χ4v) is 3.41. The summed E-state index contributed by atoms with van der Waals surface area (Å²) in [5.41, 5.74) is 8.75. The maximum atomic E-state index is 11.6. The van der Waals surface area contributed by atoms with Crippen molar-refractivity contribution in [2.75, 3.05) is 6.61 Å². The van der Waals surface area contributed by atoms with Gasteiger partial charge < -0.3 is 23.7 Å². The van der Waals surface area contributed by atoms with Gasteiger partial charge in [0.15, 0.2) is 26.8 Å². The first-order chi connectivity index (χ1) is 12.3. The average molecular weight is 404 g/mol. The number of carbonyl (C=O) groups excluding carboxylic acids is 2. The smallest absolute Gasteiger partial charge is 0.303 e. The quantitative estimate of drug-likeness (QED) is 0.236. The Labute approximate surface area is 159 Å². The molecule has 11 heteroatoms. The largest absolute Gasteiger partial charge is 0.458 e. The number of aliphatic hydroxyl groups excluding tert-OH is 1. The third-order valence-electron chi connectivity index (χ3n) is 4.84. The van der Waals surface area contributed by atoms with Gasteiger partial charge in [0.25, 0.3) is 0 Å². The second-order valence-corrected chi connectivity index (χ2v) is 12.8. The molecule has 1 fully saturated rings. The van der Waals surface area contributed by atoms with Crippen LogP contribution in [0.3, 0.4) is 0 Å². The minimum Gasteiger partial charge on any atom is -0.458 e. The summed E-state index contributed by atoms with van der Waals surface area (Å²) in [6.07, 6.45) is -4.72. The predicted octanol–water partition coefficient (Wildman–Crippen LogP) is 2.27. The van der Waals surface area contributed by atoms with Gasteiger partial charge in [0.1, 0.15) is 12.1 Å². The van der Waals surface area contributed by atoms with E-state index in [9.17, 15) is 14.7 Å². The van der Waals surface area contributed by atoms with Gasteiger partial charge in [0, 0.05) is 18.8 Å². The summed E-state index contributed by atoms with van der Waals surface area (Å²) >= 11 is 0. The van der Waals surface area contributed by atoms with Gasteiger partial charge >= 0.3 is 11.9 Å². The molecule has 0 aliphatic carbocycles. The first-order valence-electron chi connectivity index (χ1n) is 8.66. The van der Waals surface area contributed by atoms with Crippen molar-refractivity contribution < 1.29 is 33.3 Å². The Morgan fingerprint density at radius 1 is 1.19 bits per heavy atom. The van der Waals surface area contributed by atoms with Gasteiger partial charge in [-0.25, -0.2) is 0 Å². The Morgan fingerprint density at radius 3 is 2.15 bits per heavy atom. The van der Waals surface area contributed by atoms with E-state index in [0.717, 1.165) is 0 Å². The molecule has 1 aliphatic rings. The Kier molecular flexibility index (Phi) is 7.82. The van der Waals surface area contributed by atoms with Crippen molar-refractivity contribution in [3.05, 3.63) is 10.4 Å². The van der Waals surface area contributed by atoms with Crippen LogP contribution in [0.4, 0.5) is 0 Å². The van der Waals surface area contributed by atoms with Gasteiger partial charge in [-0.15, -0.1) is 0 Å². The molecule has 1 rings (SSSR count). The number of hydrogen-bond donors (Lipinski definition) is 1. The summed E-state index contributed by atoms with van der Waals surface area (Å²) in [5.74, 6) is -1.30. The topological polar surface area (TPSA) is 140 Å². The summed E-state index contributed by atoms with van der Waals surface area (Å²) in [7, 11) is -2.16. The lowest BCUT2D eigenvalue weighted by molar-refractivity contribution is -0.258. The zero-order chi connectivity index (χ0) is 21.0. The number of esters is 2. The zero-order valence-corrected chi connectivity index (χ0v) is 17.8. The number of ether oxygens (including phenoxy) is 3. The molecule has 0 aromatic heterocycles. The minimum atomic E-state index is -2.16. The van der Waals surface area contributed by atoms with Crippen LogP contribution < -0.4 is 0 Å². The first-order valence-corrected chi connectivity index (χ1v) is 11.6. The molecule has 0 aromatic carbocycles. The molecular weight excluding hydrogens is 374 g/mol. The summed E-state index contributed by atoms with van der Waals surface area (Å²) in [6.45, 7) is 12.7. The van der Waals surface area contributed by atoms with E-state index in [-0.39, 0.29) is 11.6 Å². The number of hydrogen-bond acceptors (Lipinski definition) is 8. The van der Waals surface area contributed by atoms with E-state index in [4.69, 9.17) is 24.2 Å². The lowest BCUT2D eigenvalue weighted by Gasteiger charge is -2.44. The van der Waals surface area contributed by atoms with Gasteiger partial charge in [0.2, 0.25) is 0 Å². The molecule has 5 atom stereocenters. The van der Waals surface area contributed by atoms with Crippen molar-refractivity contribution in [1.82, 2.24) is 0 Å². The maximum Gasteiger partial charge on any atom is 0.303 e. The SMILES string of the molecule is CC(=O)OC1[C@H](OC(C)=O)C(CO[Si](C)(C)C(C)(C)C)O[C@H](O)[C@@H]1N=[N+]=[N-]. The summed E-state index contributed by atoms with van der Waals surface area (Å²) in [6, 6.07) is -1.26. The van der Waals surface area contributed by atoms with Gasteiger partial charge in [-0.1, -0.05) is 25.9 Å². The maximum absolute atomic E-state index is 11.6. The summed E-state index contributed by atoms with van der Waals surface area (Å²) in [4.78, 5) is 25.7. The molecule has 0 radical (unpaired) electrons. The van der Waals surface area contributed by atoms with E-state index in [2.05, 4.69) is 30.8 Å². The lowest BCUT2D eigenvalue weighted by atomic mass is 9.97. The molecule has 2 unspecified atom stereocenters. The second-order valence-electron chi connectivity index (χ2n) is 7.98. The highest BCUT2D eigenvalue weighted by Crippen LogP contribution is 2.37. The molecular formula is C16H29N3O7Si. The van der Waals surface area contributed by atoms with Gasteiger partial charge in [0.05, 0.1) is 6.61 Å². The summed E-state index contributed by atoms with van der Waals surface area (Å²) < 4.78 is 22.1. The Morgan fingerprint density at radius 2 is 1.70 bits per heavy atom. The Balaban J connectivity index is 3.15. The van der Waals surface area contributed by atoms with Crippen molar-refractivity contribution in [2.45, 2.75) is 83.4 Å². The Hall–Kier alpha value is -1.65. The fourth-order valence-electron chi connectivity index (χ4n) is 2.39. The number of rotatable bonds is 6. The molecule has 0 amide bonds. The highest BCUT2D eigenvalue weighted by molar-refractivity contribution is 6.74. The molecule has 0 bridgehead atoms. The third kappa shape index (κ3) is 6.18. The zero-order valence-electron chi connectivity index (χ0n) is 16.8. The van der Waals surface area contributed by atoms with Crippen molar-refractivity contribution >= 4 is 20.3 Å². The molecule has 10 nitrogen and oxygen atoms in total. The molecule has 0 saturated carbocycles. The van der Waals surface area contributed by atoms with E-state index in [1.165, 1.54) is 13.8 Å². The molecule has 1 N–H and O–H groups in total. The molecule has 1 saturated heterocycles. The number of aliphatic hydroxyl groups is 1. The van der Waals surface area contributed by atoms with E-state index >= 15 is 0 Å². The van der Waals surface area contributed by atoms with E-state index in [1.807, 2.05) is 13.1 Å². The lowest BCUT2D eigenvalue weighted by Crippen LogP contribution is -2.61. The predicted molar refractivity (Wildman–Crippen MR) is 98.1 cm³/mol. The standard InChI is InChI=1S/C16H29N3O7Si/c1-9(20)24-13-11(8-23-27(6,7)16(3,4)5)26-15(22)12(18-19-17)14(13)25-10(2)21/h11-15,22H,8H2,1-7H3/t11?,12-,13-,14?,15+/m1/s1. The van der Waals surface area contributed by atoms with Crippen LogP contribution in [0.15, 0.2) is 5.11 Å². The molecule has 1 aliphatic heterocycles. The molecule has 154 valence electrons. The van der Waals surface area contributed by atoms with E-state index in [1.54, 1.807) is 0 Å². The number of nitrogens with zero attached hydrogens (tertiary/aromatic N) is 3. The molecule has 0 aromatic rings. The summed E-state index contributed by atoms with van der Waals surface area (Å²) in [5, 5.41) is 13.6. The van der Waals surface area contributed by atoms with Gasteiger partial charge in [-0.05, 0) is 23.7 Å².